The van der Waals surface area contributed by atoms with Gasteiger partial charge < -0.3 is 14.6 Å². The van der Waals surface area contributed by atoms with Crippen LogP contribution in [0.2, 0.25) is 0 Å². The standard InChI is InChI=1S/C14H18O4/c1-9-11(17-2)5-4-10(12(9)18-3)13(16)14(8-15)6-7-14/h4-5,15H,6-8H2,1-3H3. The first kappa shape index (κ1) is 12.9. The Labute approximate surface area is 107 Å². The third kappa shape index (κ3) is 1.86. The first-order valence-corrected chi connectivity index (χ1v) is 5.97. The molecule has 0 atom stereocenters. The topological polar surface area (TPSA) is 55.8 Å². The second-order valence-electron chi connectivity index (χ2n) is 4.74. The van der Waals surface area contributed by atoms with Crippen LogP contribution in [0.1, 0.15) is 28.8 Å². The Morgan fingerprint density at radius 1 is 1.33 bits per heavy atom. The summed E-state index contributed by atoms with van der Waals surface area (Å²) in [6.07, 6.45) is 1.49. The molecule has 2 rings (SSSR count). The molecule has 4 heteroatoms. The smallest absolute Gasteiger partial charge is 0.175 e. The van der Waals surface area contributed by atoms with Gasteiger partial charge in [0.2, 0.25) is 0 Å². The van der Waals surface area contributed by atoms with E-state index >= 15 is 0 Å². The summed E-state index contributed by atoms with van der Waals surface area (Å²) >= 11 is 0. The Morgan fingerprint density at radius 2 is 2.00 bits per heavy atom. The van der Waals surface area contributed by atoms with Crippen LogP contribution in [-0.2, 0) is 0 Å². The molecule has 1 aliphatic rings. The Balaban J connectivity index is 2.45. The summed E-state index contributed by atoms with van der Waals surface area (Å²) in [5.74, 6) is 1.20. The highest BCUT2D eigenvalue weighted by molar-refractivity contribution is 6.05. The molecule has 0 spiro atoms. The average Bonchev–Trinajstić information content (AvgIpc) is 3.18. The molecule has 0 aromatic heterocycles. The molecule has 0 bridgehead atoms. The normalized spacial score (nSPS) is 16.2. The van der Waals surface area contributed by atoms with Gasteiger partial charge in [0, 0.05) is 5.56 Å². The molecule has 0 unspecified atom stereocenters. The summed E-state index contributed by atoms with van der Waals surface area (Å²) in [6, 6.07) is 3.47. The SMILES string of the molecule is COc1ccc(C(=O)C2(CO)CC2)c(OC)c1C. The lowest BCUT2D eigenvalue weighted by atomic mass is 9.93. The Kier molecular flexibility index (Phi) is 3.30. The van der Waals surface area contributed by atoms with E-state index in [1.807, 2.05) is 6.92 Å². The van der Waals surface area contributed by atoms with Gasteiger partial charge in [0.05, 0.1) is 31.8 Å². The molecule has 0 amide bonds. The first-order valence-electron chi connectivity index (χ1n) is 5.97. The molecule has 0 aliphatic heterocycles. The fourth-order valence-corrected chi connectivity index (χ4v) is 2.23. The number of hydrogen-bond acceptors (Lipinski definition) is 4. The Hall–Kier alpha value is -1.55. The van der Waals surface area contributed by atoms with Gasteiger partial charge in [-0.3, -0.25) is 4.79 Å². The molecule has 18 heavy (non-hydrogen) atoms. The van der Waals surface area contributed by atoms with Crippen molar-refractivity contribution in [2.45, 2.75) is 19.8 Å². The van der Waals surface area contributed by atoms with E-state index in [0.717, 1.165) is 18.4 Å². The minimum absolute atomic E-state index is 0.0346. The molecule has 1 aromatic carbocycles. The fraction of sp³-hybridized carbons (Fsp3) is 0.500. The molecule has 1 fully saturated rings. The van der Waals surface area contributed by atoms with Crippen LogP contribution in [0.15, 0.2) is 12.1 Å². The van der Waals surface area contributed by atoms with Crippen molar-refractivity contribution in [2.24, 2.45) is 5.41 Å². The van der Waals surface area contributed by atoms with E-state index in [0.29, 0.717) is 17.1 Å². The molecule has 1 N–H and O–H groups in total. The number of rotatable bonds is 5. The van der Waals surface area contributed by atoms with E-state index in [2.05, 4.69) is 0 Å². The summed E-state index contributed by atoms with van der Waals surface area (Å²) in [6.45, 7) is 1.76. The number of aliphatic hydroxyl groups excluding tert-OH is 1. The third-order valence-electron chi connectivity index (χ3n) is 3.66. The van der Waals surface area contributed by atoms with E-state index in [1.54, 1.807) is 19.2 Å². The van der Waals surface area contributed by atoms with Crippen LogP contribution >= 0.6 is 0 Å². The van der Waals surface area contributed by atoms with Crippen LogP contribution in [0.4, 0.5) is 0 Å². The van der Waals surface area contributed by atoms with Crippen LogP contribution < -0.4 is 9.47 Å². The lowest BCUT2D eigenvalue weighted by Crippen LogP contribution is -2.21. The maximum absolute atomic E-state index is 12.4. The van der Waals surface area contributed by atoms with E-state index in [1.165, 1.54) is 7.11 Å². The molecule has 98 valence electrons. The molecule has 0 radical (unpaired) electrons. The fourth-order valence-electron chi connectivity index (χ4n) is 2.23. The average molecular weight is 250 g/mol. The minimum Gasteiger partial charge on any atom is -0.496 e. The second kappa shape index (κ2) is 4.61. The number of benzene rings is 1. The van der Waals surface area contributed by atoms with E-state index in [9.17, 15) is 9.90 Å². The number of carbonyl (C=O) groups is 1. The summed E-state index contributed by atoms with van der Waals surface area (Å²) in [5, 5.41) is 9.34. The molecule has 1 aliphatic carbocycles. The van der Waals surface area contributed by atoms with Crippen molar-refractivity contribution in [3.8, 4) is 11.5 Å². The predicted octanol–water partition coefficient (Wildman–Crippen LogP) is 1.97. The van der Waals surface area contributed by atoms with Crippen molar-refractivity contribution in [3.05, 3.63) is 23.3 Å². The molecular formula is C14H18O4. The highest BCUT2D eigenvalue weighted by Gasteiger charge is 2.50. The number of aliphatic hydroxyl groups is 1. The third-order valence-corrected chi connectivity index (χ3v) is 3.66. The van der Waals surface area contributed by atoms with Gasteiger partial charge in [-0.2, -0.15) is 0 Å². The quantitative estimate of drug-likeness (QED) is 0.812. The van der Waals surface area contributed by atoms with Crippen molar-refractivity contribution >= 4 is 5.78 Å². The predicted molar refractivity (Wildman–Crippen MR) is 67.4 cm³/mol. The van der Waals surface area contributed by atoms with Crippen LogP contribution in [0.25, 0.3) is 0 Å². The number of carbonyl (C=O) groups excluding carboxylic acids is 1. The second-order valence-corrected chi connectivity index (χ2v) is 4.74. The van der Waals surface area contributed by atoms with Crippen molar-refractivity contribution in [1.82, 2.24) is 0 Å². The van der Waals surface area contributed by atoms with E-state index in [-0.39, 0.29) is 12.4 Å². The monoisotopic (exact) mass is 250 g/mol. The summed E-state index contributed by atoms with van der Waals surface area (Å²) in [4.78, 5) is 12.4. The molecule has 0 heterocycles. The zero-order valence-corrected chi connectivity index (χ0v) is 10.9. The zero-order chi connectivity index (χ0) is 13.3. The molecular weight excluding hydrogens is 232 g/mol. The summed E-state index contributed by atoms with van der Waals surface area (Å²) in [5.41, 5.74) is 0.760. The number of ether oxygens (including phenoxy) is 2. The highest BCUT2D eigenvalue weighted by atomic mass is 16.5. The van der Waals surface area contributed by atoms with Crippen LogP contribution in [0, 0.1) is 12.3 Å². The van der Waals surface area contributed by atoms with Gasteiger partial charge in [0.25, 0.3) is 0 Å². The lowest BCUT2D eigenvalue weighted by Gasteiger charge is -2.17. The molecule has 4 nitrogen and oxygen atoms in total. The summed E-state index contributed by atoms with van der Waals surface area (Å²) < 4.78 is 10.5. The number of ketones is 1. The Morgan fingerprint density at radius 3 is 2.44 bits per heavy atom. The van der Waals surface area contributed by atoms with Gasteiger partial charge in [0.15, 0.2) is 5.78 Å². The van der Waals surface area contributed by atoms with Crippen molar-refractivity contribution < 1.29 is 19.4 Å². The van der Waals surface area contributed by atoms with Crippen molar-refractivity contribution in [1.29, 1.82) is 0 Å². The van der Waals surface area contributed by atoms with Crippen molar-refractivity contribution in [2.75, 3.05) is 20.8 Å². The first-order chi connectivity index (χ1) is 8.59. The van der Waals surface area contributed by atoms with Gasteiger partial charge in [-0.1, -0.05) is 0 Å². The maximum Gasteiger partial charge on any atom is 0.175 e. The minimum atomic E-state index is -0.575. The number of Topliss-reactive ketones (excluding diaryl/α,β-unsaturated/α-hetero) is 1. The van der Waals surface area contributed by atoms with Gasteiger partial charge in [-0.05, 0) is 31.9 Å². The molecule has 0 saturated heterocycles. The van der Waals surface area contributed by atoms with Gasteiger partial charge >= 0.3 is 0 Å². The van der Waals surface area contributed by atoms with Crippen LogP contribution in [0.5, 0.6) is 11.5 Å². The number of methoxy groups -OCH3 is 2. The van der Waals surface area contributed by atoms with Crippen LogP contribution in [-0.4, -0.2) is 31.7 Å². The highest BCUT2D eigenvalue weighted by Crippen LogP contribution is 2.49. The van der Waals surface area contributed by atoms with Gasteiger partial charge in [-0.15, -0.1) is 0 Å². The lowest BCUT2D eigenvalue weighted by molar-refractivity contribution is 0.0826. The summed E-state index contributed by atoms with van der Waals surface area (Å²) in [7, 11) is 3.12. The Bertz CT molecular complexity index is 475. The molecule has 1 saturated carbocycles. The van der Waals surface area contributed by atoms with Gasteiger partial charge in [-0.25, -0.2) is 0 Å². The van der Waals surface area contributed by atoms with E-state index in [4.69, 9.17) is 9.47 Å². The van der Waals surface area contributed by atoms with Crippen molar-refractivity contribution in [3.63, 3.8) is 0 Å². The maximum atomic E-state index is 12.4. The zero-order valence-electron chi connectivity index (χ0n) is 10.9. The largest absolute Gasteiger partial charge is 0.496 e. The molecule has 1 aromatic rings. The van der Waals surface area contributed by atoms with Gasteiger partial charge in [0.1, 0.15) is 11.5 Å². The van der Waals surface area contributed by atoms with Crippen LogP contribution in [0.3, 0.4) is 0 Å². The number of hydrogen-bond donors (Lipinski definition) is 1. The van der Waals surface area contributed by atoms with E-state index < -0.39 is 5.41 Å².